The van der Waals surface area contributed by atoms with Gasteiger partial charge >= 0.3 is 0 Å². The van der Waals surface area contributed by atoms with Crippen molar-refractivity contribution in [1.82, 2.24) is 9.97 Å². The summed E-state index contributed by atoms with van der Waals surface area (Å²) in [5.41, 5.74) is 1.11. The molecule has 0 aliphatic carbocycles. The monoisotopic (exact) mass is 277 g/mol. The van der Waals surface area contributed by atoms with Crippen LogP contribution in [-0.2, 0) is 0 Å². The van der Waals surface area contributed by atoms with Crippen LogP contribution in [-0.4, -0.2) is 24.1 Å². The van der Waals surface area contributed by atoms with Crippen LogP contribution in [0.15, 0.2) is 36.5 Å². The highest BCUT2D eigenvalue weighted by atomic mass is 35.5. The van der Waals surface area contributed by atoms with Crippen LogP contribution in [0.25, 0.3) is 0 Å². The lowest BCUT2D eigenvalue weighted by Gasteiger charge is -2.25. The summed E-state index contributed by atoms with van der Waals surface area (Å²) in [4.78, 5) is 10.6. The fraction of sp³-hybridized carbons (Fsp3) is 0.286. The first-order valence-corrected chi connectivity index (χ1v) is 6.35. The molecule has 0 spiro atoms. The molecule has 1 aromatic carbocycles. The van der Waals surface area contributed by atoms with E-state index in [4.69, 9.17) is 16.3 Å². The summed E-state index contributed by atoms with van der Waals surface area (Å²) < 4.78 is 5.11. The summed E-state index contributed by atoms with van der Waals surface area (Å²) in [6.07, 6.45) is 1.68. The van der Waals surface area contributed by atoms with Crippen molar-refractivity contribution in [2.45, 2.75) is 13.0 Å². The van der Waals surface area contributed by atoms with Crippen molar-refractivity contribution in [3.05, 3.63) is 47.1 Å². The first kappa shape index (κ1) is 13.6. The fourth-order valence-corrected chi connectivity index (χ4v) is 1.98. The van der Waals surface area contributed by atoms with Crippen LogP contribution in [0.2, 0.25) is 5.02 Å². The number of hydrogen-bond acceptors (Lipinski definition) is 4. The minimum atomic E-state index is 0.116. The van der Waals surface area contributed by atoms with Crippen molar-refractivity contribution in [3.63, 3.8) is 0 Å². The van der Waals surface area contributed by atoms with E-state index in [1.807, 2.05) is 36.2 Å². The van der Waals surface area contributed by atoms with Gasteiger partial charge in [0.1, 0.15) is 0 Å². The van der Waals surface area contributed by atoms with Gasteiger partial charge in [-0.1, -0.05) is 23.7 Å². The maximum atomic E-state index is 6.02. The summed E-state index contributed by atoms with van der Waals surface area (Å²) in [5, 5.41) is 0.726. The number of benzene rings is 1. The van der Waals surface area contributed by atoms with Crippen LogP contribution in [0.5, 0.6) is 5.88 Å². The Bertz CT molecular complexity index is 562. The maximum Gasteiger partial charge on any atom is 0.228 e. The summed E-state index contributed by atoms with van der Waals surface area (Å²) in [6, 6.07) is 9.62. The zero-order valence-corrected chi connectivity index (χ0v) is 11.9. The van der Waals surface area contributed by atoms with Crippen molar-refractivity contribution in [2.24, 2.45) is 0 Å². The first-order chi connectivity index (χ1) is 9.11. The lowest BCUT2D eigenvalue weighted by Crippen LogP contribution is -2.23. The van der Waals surface area contributed by atoms with Gasteiger partial charge < -0.3 is 9.64 Å². The molecule has 0 radical (unpaired) electrons. The molecule has 100 valence electrons. The fourth-order valence-electron chi connectivity index (χ4n) is 1.78. The van der Waals surface area contributed by atoms with Gasteiger partial charge in [0.25, 0.3) is 0 Å². The number of halogens is 1. The topological polar surface area (TPSA) is 38.2 Å². The number of rotatable bonds is 4. The third-order valence-electron chi connectivity index (χ3n) is 3.05. The van der Waals surface area contributed by atoms with Gasteiger partial charge in [-0.05, 0) is 24.6 Å². The van der Waals surface area contributed by atoms with E-state index in [0.717, 1.165) is 10.6 Å². The van der Waals surface area contributed by atoms with Gasteiger partial charge in [0.2, 0.25) is 11.8 Å². The molecule has 2 aromatic rings. The molecule has 0 saturated carbocycles. The Morgan fingerprint density at radius 1 is 1.32 bits per heavy atom. The van der Waals surface area contributed by atoms with Crippen molar-refractivity contribution in [1.29, 1.82) is 0 Å². The average molecular weight is 278 g/mol. The zero-order valence-electron chi connectivity index (χ0n) is 11.2. The molecule has 0 bridgehead atoms. The third kappa shape index (κ3) is 3.15. The molecule has 0 saturated heterocycles. The van der Waals surface area contributed by atoms with E-state index >= 15 is 0 Å². The van der Waals surface area contributed by atoms with Crippen LogP contribution >= 0.6 is 11.6 Å². The third-order valence-corrected chi connectivity index (χ3v) is 3.29. The molecule has 1 heterocycles. The molecule has 4 nitrogen and oxygen atoms in total. The summed E-state index contributed by atoms with van der Waals surface area (Å²) in [7, 11) is 3.53. The standard InChI is InChI=1S/C14H16ClN3O/c1-10(11-5-4-6-12(15)9-11)18(2)14-16-8-7-13(17-14)19-3/h4-10H,1-3H3. The quantitative estimate of drug-likeness (QED) is 0.859. The molecule has 1 aromatic heterocycles. The van der Waals surface area contributed by atoms with Gasteiger partial charge in [-0.25, -0.2) is 4.98 Å². The number of hydrogen-bond donors (Lipinski definition) is 0. The predicted molar refractivity (Wildman–Crippen MR) is 76.9 cm³/mol. The molecule has 5 heteroatoms. The Kier molecular flexibility index (Phi) is 4.22. The molecule has 0 N–H and O–H groups in total. The number of methoxy groups -OCH3 is 1. The molecule has 1 unspecified atom stereocenters. The molecule has 19 heavy (non-hydrogen) atoms. The predicted octanol–water partition coefficient (Wildman–Crippen LogP) is 3.34. The van der Waals surface area contributed by atoms with Crippen LogP contribution in [0, 0.1) is 0 Å². The van der Waals surface area contributed by atoms with Gasteiger partial charge in [0.05, 0.1) is 13.2 Å². The van der Waals surface area contributed by atoms with Gasteiger partial charge in [-0.3, -0.25) is 0 Å². The lowest BCUT2D eigenvalue weighted by atomic mass is 10.1. The molecule has 0 fully saturated rings. The Labute approximate surface area is 118 Å². The second-order valence-electron chi connectivity index (χ2n) is 4.24. The summed E-state index contributed by atoms with van der Waals surface area (Å²) in [6.45, 7) is 2.08. The highest BCUT2D eigenvalue weighted by Crippen LogP contribution is 2.25. The average Bonchev–Trinajstić information content (AvgIpc) is 2.45. The molecule has 2 rings (SSSR count). The van der Waals surface area contributed by atoms with Crippen molar-refractivity contribution >= 4 is 17.5 Å². The molecule has 0 aliphatic rings. The highest BCUT2D eigenvalue weighted by Gasteiger charge is 2.15. The second kappa shape index (κ2) is 5.89. The van der Waals surface area contributed by atoms with E-state index in [2.05, 4.69) is 16.9 Å². The van der Waals surface area contributed by atoms with Gasteiger partial charge in [0, 0.05) is 24.3 Å². The van der Waals surface area contributed by atoms with E-state index < -0.39 is 0 Å². The van der Waals surface area contributed by atoms with Crippen molar-refractivity contribution in [2.75, 3.05) is 19.1 Å². The zero-order chi connectivity index (χ0) is 13.8. The minimum Gasteiger partial charge on any atom is -0.481 e. The van der Waals surface area contributed by atoms with Gasteiger partial charge in [0.15, 0.2) is 0 Å². The number of aromatic nitrogens is 2. The summed E-state index contributed by atoms with van der Waals surface area (Å²) in [5.74, 6) is 1.17. The molecular weight excluding hydrogens is 262 g/mol. The van der Waals surface area contributed by atoms with E-state index in [1.165, 1.54) is 0 Å². The maximum absolute atomic E-state index is 6.02. The van der Waals surface area contributed by atoms with Crippen LogP contribution in [0.1, 0.15) is 18.5 Å². The molecular formula is C14H16ClN3O. The second-order valence-corrected chi connectivity index (χ2v) is 4.68. The highest BCUT2D eigenvalue weighted by molar-refractivity contribution is 6.30. The van der Waals surface area contributed by atoms with E-state index in [0.29, 0.717) is 11.8 Å². The molecule has 0 amide bonds. The molecule has 1 atom stereocenters. The Hall–Kier alpha value is -1.81. The van der Waals surface area contributed by atoms with Crippen LogP contribution < -0.4 is 9.64 Å². The Morgan fingerprint density at radius 2 is 2.11 bits per heavy atom. The SMILES string of the molecule is COc1ccnc(N(C)C(C)c2cccc(Cl)c2)n1. The first-order valence-electron chi connectivity index (χ1n) is 5.97. The van der Waals surface area contributed by atoms with Crippen molar-refractivity contribution < 1.29 is 4.74 Å². The van der Waals surface area contributed by atoms with E-state index in [-0.39, 0.29) is 6.04 Å². The van der Waals surface area contributed by atoms with Crippen LogP contribution in [0.3, 0.4) is 0 Å². The number of nitrogens with zero attached hydrogens (tertiary/aromatic N) is 3. The summed E-state index contributed by atoms with van der Waals surface area (Å²) >= 11 is 6.02. The normalized spacial score (nSPS) is 12.0. The lowest BCUT2D eigenvalue weighted by molar-refractivity contribution is 0.396. The van der Waals surface area contributed by atoms with E-state index in [9.17, 15) is 0 Å². The number of ether oxygens (including phenoxy) is 1. The van der Waals surface area contributed by atoms with Crippen molar-refractivity contribution in [3.8, 4) is 5.88 Å². The minimum absolute atomic E-state index is 0.116. The smallest absolute Gasteiger partial charge is 0.228 e. The van der Waals surface area contributed by atoms with Crippen LogP contribution in [0.4, 0.5) is 5.95 Å². The Morgan fingerprint density at radius 3 is 2.79 bits per heavy atom. The molecule has 0 aliphatic heterocycles. The Balaban J connectivity index is 2.25. The van der Waals surface area contributed by atoms with E-state index in [1.54, 1.807) is 19.4 Å². The largest absolute Gasteiger partial charge is 0.481 e. The van der Waals surface area contributed by atoms with Gasteiger partial charge in [-0.15, -0.1) is 0 Å². The van der Waals surface area contributed by atoms with Gasteiger partial charge in [-0.2, -0.15) is 4.98 Å². The number of anilines is 1.